The van der Waals surface area contributed by atoms with Gasteiger partial charge in [0.1, 0.15) is 28.9 Å². The van der Waals surface area contributed by atoms with Crippen LogP contribution in [0.25, 0.3) is 22.3 Å². The third-order valence-electron chi connectivity index (χ3n) is 6.81. The van der Waals surface area contributed by atoms with Crippen LogP contribution in [0.2, 0.25) is 0 Å². The van der Waals surface area contributed by atoms with Crippen molar-refractivity contribution < 1.29 is 19.0 Å². The first-order chi connectivity index (χ1) is 18.1. The fraction of sp³-hybridized carbons (Fsp3) is 0.407. The molecule has 4 aromatic rings. The van der Waals surface area contributed by atoms with Crippen LogP contribution in [0.3, 0.4) is 0 Å². The highest BCUT2D eigenvalue weighted by molar-refractivity contribution is 5.83. The SMILES string of the molecule is CCn1cc(-c2nc3cnc(C(O)C(C)(C)O)cc3nc2N2CCN(Cc3ccc(F)cc3F)CC2)cn1. The predicted molar refractivity (Wildman–Crippen MR) is 139 cm³/mol. The summed E-state index contributed by atoms with van der Waals surface area (Å²) in [6.07, 6.45) is 4.05. The molecule has 1 unspecified atom stereocenters. The van der Waals surface area contributed by atoms with Crippen molar-refractivity contribution >= 4 is 16.9 Å². The molecular formula is C27H31F2N7O2. The van der Waals surface area contributed by atoms with E-state index in [4.69, 9.17) is 9.97 Å². The van der Waals surface area contributed by atoms with E-state index in [9.17, 15) is 19.0 Å². The zero-order valence-corrected chi connectivity index (χ0v) is 21.6. The second-order valence-electron chi connectivity index (χ2n) is 10.1. The maximum Gasteiger partial charge on any atom is 0.156 e. The van der Waals surface area contributed by atoms with Crippen LogP contribution in [0.1, 0.15) is 38.1 Å². The molecular weight excluding hydrogens is 492 g/mol. The van der Waals surface area contributed by atoms with Gasteiger partial charge in [0.2, 0.25) is 0 Å². The number of aliphatic hydroxyl groups is 2. The highest BCUT2D eigenvalue weighted by atomic mass is 19.1. The lowest BCUT2D eigenvalue weighted by atomic mass is 9.98. The Morgan fingerprint density at radius 1 is 1.03 bits per heavy atom. The van der Waals surface area contributed by atoms with E-state index in [0.29, 0.717) is 73.1 Å². The molecule has 1 aromatic carbocycles. The first-order valence-electron chi connectivity index (χ1n) is 12.6. The van der Waals surface area contributed by atoms with Crippen molar-refractivity contribution in [1.29, 1.82) is 0 Å². The molecule has 0 amide bonds. The van der Waals surface area contributed by atoms with Gasteiger partial charge in [-0.15, -0.1) is 0 Å². The van der Waals surface area contributed by atoms with Gasteiger partial charge in [0.15, 0.2) is 5.82 Å². The Morgan fingerprint density at radius 2 is 1.79 bits per heavy atom. The Kier molecular flexibility index (Phi) is 7.08. The van der Waals surface area contributed by atoms with Crippen molar-refractivity contribution in [2.24, 2.45) is 0 Å². The van der Waals surface area contributed by atoms with Gasteiger partial charge in [-0.1, -0.05) is 6.07 Å². The Balaban J connectivity index is 1.46. The highest BCUT2D eigenvalue weighted by Gasteiger charge is 2.29. The number of anilines is 1. The summed E-state index contributed by atoms with van der Waals surface area (Å²) in [5.74, 6) is -0.449. The van der Waals surface area contributed by atoms with Crippen LogP contribution in [0.5, 0.6) is 0 Å². The summed E-state index contributed by atoms with van der Waals surface area (Å²) in [7, 11) is 0. The zero-order chi connectivity index (χ0) is 27.0. The largest absolute Gasteiger partial charge is 0.387 e. The summed E-state index contributed by atoms with van der Waals surface area (Å²) in [5, 5.41) is 25.2. The number of piperazine rings is 1. The van der Waals surface area contributed by atoms with Crippen LogP contribution in [0, 0.1) is 11.6 Å². The number of aliphatic hydroxyl groups excluding tert-OH is 1. The van der Waals surface area contributed by atoms with E-state index in [0.717, 1.165) is 11.6 Å². The number of hydrogen-bond donors (Lipinski definition) is 2. The average Bonchev–Trinajstić information content (AvgIpc) is 3.38. The van der Waals surface area contributed by atoms with Crippen molar-refractivity contribution in [3.05, 3.63) is 65.7 Å². The Morgan fingerprint density at radius 3 is 2.45 bits per heavy atom. The van der Waals surface area contributed by atoms with E-state index < -0.39 is 23.3 Å². The number of aryl methyl sites for hydroxylation is 1. The molecule has 0 saturated carbocycles. The highest BCUT2D eigenvalue weighted by Crippen LogP contribution is 2.32. The van der Waals surface area contributed by atoms with Crippen molar-refractivity contribution in [3.8, 4) is 11.3 Å². The zero-order valence-electron chi connectivity index (χ0n) is 21.6. The lowest BCUT2D eigenvalue weighted by Gasteiger charge is -2.36. The molecule has 0 aliphatic carbocycles. The molecule has 2 N–H and O–H groups in total. The Labute approximate surface area is 219 Å². The number of pyridine rings is 1. The molecule has 1 saturated heterocycles. The van der Waals surface area contributed by atoms with E-state index >= 15 is 0 Å². The molecule has 11 heteroatoms. The Bertz CT molecular complexity index is 1450. The molecule has 0 spiro atoms. The number of hydrogen-bond acceptors (Lipinski definition) is 8. The van der Waals surface area contributed by atoms with Crippen molar-refractivity contribution in [1.82, 2.24) is 29.6 Å². The second-order valence-corrected chi connectivity index (χ2v) is 10.1. The van der Waals surface area contributed by atoms with Crippen LogP contribution in [0.4, 0.5) is 14.6 Å². The molecule has 4 heterocycles. The summed E-state index contributed by atoms with van der Waals surface area (Å²) in [6, 6.07) is 5.33. The van der Waals surface area contributed by atoms with E-state index in [1.54, 1.807) is 18.5 Å². The number of benzene rings is 1. The van der Waals surface area contributed by atoms with Crippen LogP contribution in [0.15, 0.2) is 42.9 Å². The standard InChI is InChI=1S/C27H31F2N7O2/c1-4-36-16-18(13-31-36)24-26(33-21-12-22(25(37)27(2,3)38)30-14-23(21)32-24)35-9-7-34(8-10-35)15-17-5-6-19(28)11-20(17)29/h5-6,11-14,16,25,37-38H,4,7-10,15H2,1-3H3. The maximum absolute atomic E-state index is 14.2. The van der Waals surface area contributed by atoms with E-state index in [-0.39, 0.29) is 0 Å². The summed E-state index contributed by atoms with van der Waals surface area (Å²) in [4.78, 5) is 18.4. The lowest BCUT2D eigenvalue weighted by molar-refractivity contribution is -0.0516. The summed E-state index contributed by atoms with van der Waals surface area (Å²) in [6.45, 7) is 8.72. The predicted octanol–water partition coefficient (Wildman–Crippen LogP) is 3.31. The maximum atomic E-state index is 14.2. The molecule has 200 valence electrons. The summed E-state index contributed by atoms with van der Waals surface area (Å²) < 4.78 is 29.3. The van der Waals surface area contributed by atoms with Crippen LogP contribution >= 0.6 is 0 Å². The van der Waals surface area contributed by atoms with Gasteiger partial charge in [-0.2, -0.15) is 5.10 Å². The molecule has 3 aromatic heterocycles. The first-order valence-corrected chi connectivity index (χ1v) is 12.6. The third kappa shape index (κ3) is 5.35. The molecule has 9 nitrogen and oxygen atoms in total. The Hall–Kier alpha value is -3.54. The van der Waals surface area contributed by atoms with E-state index in [1.165, 1.54) is 26.0 Å². The molecule has 5 rings (SSSR count). The fourth-order valence-corrected chi connectivity index (χ4v) is 4.56. The molecule has 0 bridgehead atoms. The smallest absolute Gasteiger partial charge is 0.156 e. The van der Waals surface area contributed by atoms with Crippen LogP contribution in [-0.2, 0) is 13.1 Å². The third-order valence-corrected chi connectivity index (χ3v) is 6.81. The van der Waals surface area contributed by atoms with Gasteiger partial charge in [-0.3, -0.25) is 14.6 Å². The number of rotatable bonds is 7. The summed E-state index contributed by atoms with van der Waals surface area (Å²) in [5.41, 5.74) is 2.01. The van der Waals surface area contributed by atoms with Gasteiger partial charge in [0.25, 0.3) is 0 Å². The minimum Gasteiger partial charge on any atom is -0.387 e. The van der Waals surface area contributed by atoms with Gasteiger partial charge in [0, 0.05) is 62.7 Å². The number of nitrogens with zero attached hydrogens (tertiary/aromatic N) is 7. The fourth-order valence-electron chi connectivity index (χ4n) is 4.56. The van der Waals surface area contributed by atoms with Gasteiger partial charge >= 0.3 is 0 Å². The van der Waals surface area contributed by atoms with Crippen molar-refractivity contribution in [2.45, 2.75) is 45.6 Å². The van der Waals surface area contributed by atoms with Gasteiger partial charge in [-0.25, -0.2) is 18.7 Å². The van der Waals surface area contributed by atoms with Gasteiger partial charge in [-0.05, 0) is 32.9 Å². The van der Waals surface area contributed by atoms with E-state index in [2.05, 4.69) is 19.9 Å². The molecule has 1 fully saturated rings. The monoisotopic (exact) mass is 523 g/mol. The van der Waals surface area contributed by atoms with E-state index in [1.807, 2.05) is 17.8 Å². The lowest BCUT2D eigenvalue weighted by Crippen LogP contribution is -2.46. The minimum absolute atomic E-state index is 0.308. The number of halogens is 2. The first kappa shape index (κ1) is 26.1. The molecule has 1 aliphatic heterocycles. The topological polar surface area (TPSA) is 103 Å². The number of aromatic nitrogens is 5. The molecule has 1 atom stereocenters. The molecule has 1 aliphatic rings. The second kappa shape index (κ2) is 10.3. The van der Waals surface area contributed by atoms with Crippen LogP contribution in [-0.4, -0.2) is 71.6 Å². The van der Waals surface area contributed by atoms with Crippen LogP contribution < -0.4 is 4.90 Å². The molecule has 38 heavy (non-hydrogen) atoms. The van der Waals surface area contributed by atoms with Gasteiger partial charge in [0.05, 0.1) is 29.2 Å². The average molecular weight is 524 g/mol. The van der Waals surface area contributed by atoms with Crippen molar-refractivity contribution in [3.63, 3.8) is 0 Å². The normalized spacial score (nSPS) is 15.8. The minimum atomic E-state index is -1.37. The van der Waals surface area contributed by atoms with Crippen molar-refractivity contribution in [2.75, 3.05) is 31.1 Å². The summed E-state index contributed by atoms with van der Waals surface area (Å²) >= 11 is 0. The van der Waals surface area contributed by atoms with Gasteiger partial charge < -0.3 is 15.1 Å². The molecule has 0 radical (unpaired) electrons. The number of fused-ring (bicyclic) bond motifs is 1. The quantitative estimate of drug-likeness (QED) is 0.380.